The maximum Gasteiger partial charge on any atom is 0.251 e. The molecule has 2 saturated heterocycles. The van der Waals surface area contributed by atoms with E-state index in [1.54, 1.807) is 0 Å². The second kappa shape index (κ2) is 7.74. The van der Waals surface area contributed by atoms with E-state index in [1.165, 1.54) is 11.3 Å². The Hall–Kier alpha value is -1.49. The lowest BCUT2D eigenvalue weighted by Gasteiger charge is -2.37. The van der Waals surface area contributed by atoms with Gasteiger partial charge in [0.05, 0.1) is 23.6 Å². The van der Waals surface area contributed by atoms with Crippen molar-refractivity contribution in [2.45, 2.75) is 31.7 Å². The van der Waals surface area contributed by atoms with Gasteiger partial charge in [-0.2, -0.15) is 0 Å². The van der Waals surface area contributed by atoms with Crippen LogP contribution in [0.4, 0.5) is 5.00 Å². The summed E-state index contributed by atoms with van der Waals surface area (Å²) in [5.41, 5.74) is 7.04. The molecule has 8 nitrogen and oxygen atoms in total. The van der Waals surface area contributed by atoms with Gasteiger partial charge in [-0.15, -0.1) is 11.3 Å². The molecular weight excluding hydrogens is 400 g/mol. The van der Waals surface area contributed by atoms with Crippen LogP contribution >= 0.6 is 11.3 Å². The van der Waals surface area contributed by atoms with Crippen LogP contribution in [0.2, 0.25) is 0 Å². The number of amides is 2. The van der Waals surface area contributed by atoms with Crippen LogP contribution in [0.1, 0.15) is 33.6 Å². The molecular formula is C18H26N4O4S2. The minimum atomic E-state index is -2.88. The van der Waals surface area contributed by atoms with Crippen molar-refractivity contribution < 1.29 is 18.0 Å². The molecule has 3 N–H and O–H groups in total. The highest BCUT2D eigenvalue weighted by Crippen LogP contribution is 2.38. The standard InChI is InChI=1S/C18H26N4O4S2/c19-17(24)16-13-2-1-3-14(13)27-18(16)20-15(23)10-21-5-7-22(8-6-21)12-4-9-28(25,26)11-12/h12H,1-11H2,(H2,19,24)(H,20,23). The average Bonchev–Trinajstić information content (AvgIpc) is 3.29. The van der Waals surface area contributed by atoms with Crippen molar-refractivity contribution in [3.8, 4) is 0 Å². The summed E-state index contributed by atoms with van der Waals surface area (Å²) in [6.07, 6.45) is 3.53. The van der Waals surface area contributed by atoms with Crippen LogP contribution < -0.4 is 11.1 Å². The summed E-state index contributed by atoms with van der Waals surface area (Å²) in [6.45, 7) is 3.26. The number of aryl methyl sites for hydroxylation is 1. The van der Waals surface area contributed by atoms with E-state index in [1.807, 2.05) is 0 Å². The van der Waals surface area contributed by atoms with Gasteiger partial charge in [0, 0.05) is 37.1 Å². The van der Waals surface area contributed by atoms with E-state index in [4.69, 9.17) is 5.73 Å². The van der Waals surface area contributed by atoms with Gasteiger partial charge < -0.3 is 11.1 Å². The Balaban J connectivity index is 1.31. The lowest BCUT2D eigenvalue weighted by atomic mass is 10.1. The Morgan fingerprint density at radius 3 is 2.57 bits per heavy atom. The fourth-order valence-electron chi connectivity index (χ4n) is 4.47. The molecule has 0 radical (unpaired) electrons. The Morgan fingerprint density at radius 2 is 1.93 bits per heavy atom. The SMILES string of the molecule is NC(=O)c1c(NC(=O)CN2CCN(C3CCS(=O)(=O)C3)CC2)sc2c1CCC2. The number of nitrogens with two attached hydrogens (primary N) is 1. The average molecular weight is 427 g/mol. The van der Waals surface area contributed by atoms with Crippen LogP contribution in [0.5, 0.6) is 0 Å². The number of sulfone groups is 1. The molecule has 3 heterocycles. The molecule has 10 heteroatoms. The maximum absolute atomic E-state index is 12.5. The first-order valence-corrected chi connectivity index (χ1v) is 12.4. The first-order chi connectivity index (χ1) is 13.3. The lowest BCUT2D eigenvalue weighted by molar-refractivity contribution is -0.117. The predicted molar refractivity (Wildman–Crippen MR) is 109 cm³/mol. The molecule has 1 aliphatic carbocycles. The number of hydrogen-bond acceptors (Lipinski definition) is 7. The lowest BCUT2D eigenvalue weighted by Crippen LogP contribution is -2.52. The molecule has 2 amide bonds. The van der Waals surface area contributed by atoms with Crippen LogP contribution in [-0.2, 0) is 27.5 Å². The van der Waals surface area contributed by atoms with E-state index in [0.717, 1.165) is 55.9 Å². The number of carbonyl (C=O) groups excluding carboxylic acids is 2. The Morgan fingerprint density at radius 1 is 1.18 bits per heavy atom. The smallest absolute Gasteiger partial charge is 0.251 e. The predicted octanol–water partition coefficient (Wildman–Crippen LogP) is 0.0789. The Labute approximate surface area is 169 Å². The fraction of sp³-hybridized carbons (Fsp3) is 0.667. The van der Waals surface area contributed by atoms with Gasteiger partial charge in [0.15, 0.2) is 9.84 Å². The Kier molecular flexibility index (Phi) is 5.47. The van der Waals surface area contributed by atoms with Crippen molar-refractivity contribution in [1.82, 2.24) is 9.80 Å². The van der Waals surface area contributed by atoms with Gasteiger partial charge in [0.2, 0.25) is 5.91 Å². The van der Waals surface area contributed by atoms with E-state index in [9.17, 15) is 18.0 Å². The molecule has 28 heavy (non-hydrogen) atoms. The summed E-state index contributed by atoms with van der Waals surface area (Å²) in [6, 6.07) is 0.118. The van der Waals surface area contributed by atoms with Crippen molar-refractivity contribution >= 4 is 38.0 Å². The van der Waals surface area contributed by atoms with E-state index < -0.39 is 15.7 Å². The van der Waals surface area contributed by atoms with Gasteiger partial charge in [-0.3, -0.25) is 19.4 Å². The molecule has 1 aromatic rings. The topological polar surface area (TPSA) is 113 Å². The summed E-state index contributed by atoms with van der Waals surface area (Å²) in [7, 11) is -2.88. The zero-order valence-electron chi connectivity index (χ0n) is 15.8. The highest BCUT2D eigenvalue weighted by molar-refractivity contribution is 7.91. The second-order valence-corrected chi connectivity index (χ2v) is 11.2. The monoisotopic (exact) mass is 426 g/mol. The molecule has 154 valence electrons. The molecule has 3 aliphatic rings. The number of carbonyl (C=O) groups is 2. The van der Waals surface area contributed by atoms with Gasteiger partial charge >= 0.3 is 0 Å². The van der Waals surface area contributed by atoms with Crippen LogP contribution in [0.15, 0.2) is 0 Å². The largest absolute Gasteiger partial charge is 0.365 e. The van der Waals surface area contributed by atoms with E-state index in [2.05, 4.69) is 15.1 Å². The van der Waals surface area contributed by atoms with Crippen molar-refractivity contribution in [3.05, 3.63) is 16.0 Å². The number of nitrogens with zero attached hydrogens (tertiary/aromatic N) is 2. The van der Waals surface area contributed by atoms with Gasteiger partial charge in [-0.25, -0.2) is 8.42 Å². The summed E-state index contributed by atoms with van der Waals surface area (Å²) in [4.78, 5) is 29.8. The van der Waals surface area contributed by atoms with Gasteiger partial charge in [0.1, 0.15) is 5.00 Å². The van der Waals surface area contributed by atoms with Crippen molar-refractivity contribution in [2.24, 2.45) is 5.73 Å². The first-order valence-electron chi connectivity index (χ1n) is 9.73. The van der Waals surface area contributed by atoms with E-state index in [0.29, 0.717) is 17.0 Å². The minimum absolute atomic E-state index is 0.118. The molecule has 0 aromatic carbocycles. The van der Waals surface area contributed by atoms with Crippen molar-refractivity contribution in [2.75, 3.05) is 49.5 Å². The third kappa shape index (κ3) is 4.10. The third-order valence-electron chi connectivity index (χ3n) is 5.92. The highest BCUT2D eigenvalue weighted by atomic mass is 32.2. The van der Waals surface area contributed by atoms with Crippen molar-refractivity contribution in [3.63, 3.8) is 0 Å². The molecule has 0 saturated carbocycles. The number of piperazine rings is 1. The maximum atomic E-state index is 12.5. The summed E-state index contributed by atoms with van der Waals surface area (Å²) >= 11 is 1.47. The highest BCUT2D eigenvalue weighted by Gasteiger charge is 2.34. The number of thiophene rings is 1. The fourth-order valence-corrected chi connectivity index (χ4v) is 7.54. The zero-order valence-corrected chi connectivity index (χ0v) is 17.4. The van der Waals surface area contributed by atoms with E-state index in [-0.39, 0.29) is 30.0 Å². The van der Waals surface area contributed by atoms with Gasteiger partial charge in [-0.1, -0.05) is 0 Å². The Bertz CT molecular complexity index is 888. The summed E-state index contributed by atoms with van der Waals surface area (Å²) < 4.78 is 23.3. The molecule has 4 rings (SSSR count). The van der Waals surface area contributed by atoms with Gasteiger partial charge in [0.25, 0.3) is 5.91 Å². The second-order valence-electron chi connectivity index (χ2n) is 7.84. The van der Waals surface area contributed by atoms with Crippen LogP contribution in [0.3, 0.4) is 0 Å². The van der Waals surface area contributed by atoms with Gasteiger partial charge in [-0.05, 0) is 31.2 Å². The number of nitrogens with one attached hydrogen (secondary N) is 1. The number of hydrogen-bond donors (Lipinski definition) is 2. The molecule has 2 aliphatic heterocycles. The zero-order chi connectivity index (χ0) is 19.9. The van der Waals surface area contributed by atoms with Crippen LogP contribution in [-0.4, -0.2) is 80.3 Å². The number of primary amides is 1. The molecule has 2 fully saturated rings. The number of anilines is 1. The quantitative estimate of drug-likeness (QED) is 0.689. The normalized spacial score (nSPS) is 24.9. The molecule has 1 atom stereocenters. The van der Waals surface area contributed by atoms with Crippen molar-refractivity contribution in [1.29, 1.82) is 0 Å². The third-order valence-corrected chi connectivity index (χ3v) is 8.88. The van der Waals surface area contributed by atoms with E-state index >= 15 is 0 Å². The molecule has 1 unspecified atom stereocenters. The minimum Gasteiger partial charge on any atom is -0.365 e. The first kappa shape index (κ1) is 19.8. The van der Waals surface area contributed by atoms with Crippen LogP contribution in [0, 0.1) is 0 Å². The molecule has 1 aromatic heterocycles. The van der Waals surface area contributed by atoms with Crippen LogP contribution in [0.25, 0.3) is 0 Å². The summed E-state index contributed by atoms with van der Waals surface area (Å²) in [5, 5.41) is 3.47. The number of fused-ring (bicyclic) bond motifs is 1. The molecule has 0 spiro atoms. The number of rotatable bonds is 5. The summed E-state index contributed by atoms with van der Waals surface area (Å²) in [5.74, 6) is -0.0752. The molecule has 0 bridgehead atoms.